The maximum Gasteiger partial charge on any atom is 0.223 e. The Labute approximate surface area is 161 Å². The number of carbonyl (C=O) groups is 1. The largest absolute Gasteiger partial charge is 0.353 e. The molecule has 0 radical (unpaired) electrons. The highest BCUT2D eigenvalue weighted by molar-refractivity contribution is 8.13. The second kappa shape index (κ2) is 12.4. The van der Waals surface area contributed by atoms with Gasteiger partial charge in [-0.05, 0) is 31.9 Å². The summed E-state index contributed by atoms with van der Waals surface area (Å²) in [6, 6.07) is 0. The maximum absolute atomic E-state index is 12.4. The molecule has 0 amide bonds. The Kier molecular flexibility index (Phi) is 11.4. The van der Waals surface area contributed by atoms with Crippen LogP contribution < -0.4 is 0 Å². The Bertz CT molecular complexity index is 365. The fourth-order valence-corrected chi connectivity index (χ4v) is 4.92. The molecule has 1 rings (SSSR count). The molecule has 0 spiro atoms. The van der Waals surface area contributed by atoms with Crippen molar-refractivity contribution in [2.24, 2.45) is 0 Å². The van der Waals surface area contributed by atoms with E-state index in [0.717, 1.165) is 25.7 Å². The van der Waals surface area contributed by atoms with Crippen LogP contribution in [0.15, 0.2) is 0 Å². The van der Waals surface area contributed by atoms with Crippen molar-refractivity contribution in [3.63, 3.8) is 0 Å². The number of rotatable bonds is 16. The maximum atomic E-state index is 12.4. The smallest absolute Gasteiger partial charge is 0.223 e. The van der Waals surface area contributed by atoms with Gasteiger partial charge in [-0.25, -0.2) is 0 Å². The highest BCUT2D eigenvalue weighted by Gasteiger charge is 2.71. The summed E-state index contributed by atoms with van der Waals surface area (Å²) in [6.45, 7) is 6.58. The van der Waals surface area contributed by atoms with E-state index >= 15 is 0 Å². The average molecular weight is 371 g/mol. The number of hydrogen-bond acceptors (Lipinski definition) is 3. The number of thioether (sulfide) groups is 1. The van der Waals surface area contributed by atoms with Gasteiger partial charge in [-0.2, -0.15) is 0 Å². The minimum absolute atomic E-state index is 0.162. The van der Waals surface area contributed by atoms with Gasteiger partial charge in [0.1, 0.15) is 5.60 Å². The van der Waals surface area contributed by atoms with Gasteiger partial charge in [0.25, 0.3) is 0 Å². The summed E-state index contributed by atoms with van der Waals surface area (Å²) < 4.78 is 6.07. The van der Waals surface area contributed by atoms with E-state index in [1.807, 2.05) is 6.26 Å². The van der Waals surface area contributed by atoms with Crippen molar-refractivity contribution in [1.82, 2.24) is 0 Å². The molecule has 0 saturated carbocycles. The van der Waals surface area contributed by atoms with Crippen LogP contribution in [0, 0.1) is 0 Å². The van der Waals surface area contributed by atoms with Crippen molar-refractivity contribution in [2.75, 3.05) is 6.26 Å². The minimum atomic E-state index is -0.464. The van der Waals surface area contributed by atoms with Crippen molar-refractivity contribution in [2.45, 2.75) is 128 Å². The van der Waals surface area contributed by atoms with Crippen LogP contribution in [0.4, 0.5) is 0 Å². The van der Waals surface area contributed by atoms with E-state index < -0.39 is 5.60 Å². The lowest BCUT2D eigenvalue weighted by molar-refractivity contribution is -0.115. The number of carbonyl (C=O) groups excluding carboxylic acids is 1. The summed E-state index contributed by atoms with van der Waals surface area (Å²) >= 11 is 1.35. The Morgan fingerprint density at radius 1 is 0.760 bits per heavy atom. The summed E-state index contributed by atoms with van der Waals surface area (Å²) in [5.41, 5.74) is -0.626. The molecule has 2 nitrogen and oxygen atoms in total. The van der Waals surface area contributed by atoms with Crippen LogP contribution in [0.1, 0.15) is 117 Å². The van der Waals surface area contributed by atoms with Gasteiger partial charge in [-0.15, -0.1) is 0 Å². The van der Waals surface area contributed by atoms with Gasteiger partial charge in [-0.1, -0.05) is 103 Å². The lowest BCUT2D eigenvalue weighted by Gasteiger charge is -2.16. The first-order valence-electron chi connectivity index (χ1n) is 10.9. The van der Waals surface area contributed by atoms with Gasteiger partial charge in [0.2, 0.25) is 5.12 Å². The van der Waals surface area contributed by atoms with Crippen LogP contribution in [0.2, 0.25) is 0 Å². The minimum Gasteiger partial charge on any atom is -0.353 e. The van der Waals surface area contributed by atoms with Crippen LogP contribution in [-0.2, 0) is 9.53 Å². The van der Waals surface area contributed by atoms with Gasteiger partial charge in [0, 0.05) is 0 Å². The standard InChI is InChI=1S/C22H42O2S/c1-5-8-9-10-11-12-13-14-15-16-17-18-19-22(20(23)25-4)21(6-2,7-3)24-22/h5-19H2,1-4H3. The molecule has 0 aromatic heterocycles. The molecule has 1 unspecified atom stereocenters. The molecule has 0 N–H and O–H groups in total. The molecular formula is C22H42O2S. The lowest BCUT2D eigenvalue weighted by Crippen LogP contribution is -2.32. The molecule has 148 valence electrons. The third-order valence-corrected chi connectivity index (χ3v) is 6.80. The topological polar surface area (TPSA) is 29.6 Å². The van der Waals surface area contributed by atoms with E-state index in [0.29, 0.717) is 0 Å². The Balaban J connectivity index is 2.08. The Morgan fingerprint density at radius 2 is 1.20 bits per heavy atom. The average Bonchev–Trinajstić information content (AvgIpc) is 3.31. The van der Waals surface area contributed by atoms with E-state index in [4.69, 9.17) is 4.74 Å². The third kappa shape index (κ3) is 6.57. The van der Waals surface area contributed by atoms with Crippen molar-refractivity contribution < 1.29 is 9.53 Å². The SMILES string of the molecule is CCCCCCCCCCCCCCC1(C(=O)SC)OC1(CC)CC. The zero-order chi connectivity index (χ0) is 18.6. The number of ether oxygens (including phenoxy) is 1. The predicted octanol–water partition coefficient (Wildman–Crippen LogP) is 7.30. The first-order chi connectivity index (χ1) is 12.1. The van der Waals surface area contributed by atoms with Crippen LogP contribution in [0.5, 0.6) is 0 Å². The first kappa shape index (κ1) is 23.0. The van der Waals surface area contributed by atoms with E-state index in [-0.39, 0.29) is 10.7 Å². The van der Waals surface area contributed by atoms with Crippen molar-refractivity contribution in [1.29, 1.82) is 0 Å². The molecule has 1 aliphatic heterocycles. The molecule has 3 heteroatoms. The molecule has 0 aromatic carbocycles. The highest BCUT2D eigenvalue weighted by atomic mass is 32.2. The lowest BCUT2D eigenvalue weighted by atomic mass is 9.85. The van der Waals surface area contributed by atoms with Gasteiger partial charge >= 0.3 is 0 Å². The molecule has 1 saturated heterocycles. The van der Waals surface area contributed by atoms with Gasteiger partial charge < -0.3 is 4.74 Å². The van der Waals surface area contributed by atoms with E-state index in [1.165, 1.54) is 82.4 Å². The second-order valence-corrected chi connectivity index (χ2v) is 8.54. The first-order valence-corrected chi connectivity index (χ1v) is 12.1. The third-order valence-electron chi connectivity index (χ3n) is 6.10. The molecule has 1 aliphatic rings. The number of unbranched alkanes of at least 4 members (excludes halogenated alkanes) is 11. The molecule has 1 fully saturated rings. The van der Waals surface area contributed by atoms with Crippen molar-refractivity contribution in [3.8, 4) is 0 Å². The second-order valence-electron chi connectivity index (χ2n) is 7.76. The van der Waals surface area contributed by atoms with Crippen molar-refractivity contribution in [3.05, 3.63) is 0 Å². The molecule has 1 atom stereocenters. The van der Waals surface area contributed by atoms with Gasteiger partial charge in [0.15, 0.2) is 5.60 Å². The fourth-order valence-electron chi connectivity index (χ4n) is 4.26. The Morgan fingerprint density at radius 3 is 1.56 bits per heavy atom. The predicted molar refractivity (Wildman–Crippen MR) is 111 cm³/mol. The summed E-state index contributed by atoms with van der Waals surface area (Å²) in [6.07, 6.45) is 21.0. The zero-order valence-corrected chi connectivity index (χ0v) is 18.1. The Hall–Kier alpha value is -0.0200. The monoisotopic (exact) mass is 370 g/mol. The molecule has 0 aromatic rings. The van der Waals surface area contributed by atoms with Crippen molar-refractivity contribution >= 4 is 16.9 Å². The van der Waals surface area contributed by atoms with E-state index in [9.17, 15) is 4.79 Å². The van der Waals surface area contributed by atoms with Crippen LogP contribution in [-0.4, -0.2) is 22.6 Å². The summed E-state index contributed by atoms with van der Waals surface area (Å²) in [7, 11) is 0. The summed E-state index contributed by atoms with van der Waals surface area (Å²) in [4.78, 5) is 12.4. The molecule has 1 heterocycles. The summed E-state index contributed by atoms with van der Waals surface area (Å²) in [5, 5.41) is 0.249. The molecule has 25 heavy (non-hydrogen) atoms. The van der Waals surface area contributed by atoms with Gasteiger partial charge in [0.05, 0.1) is 0 Å². The highest BCUT2D eigenvalue weighted by Crippen LogP contribution is 2.57. The summed E-state index contributed by atoms with van der Waals surface area (Å²) in [5.74, 6) is 0. The number of epoxide rings is 1. The van der Waals surface area contributed by atoms with Crippen LogP contribution in [0.25, 0.3) is 0 Å². The quantitative estimate of drug-likeness (QED) is 0.211. The fraction of sp³-hybridized carbons (Fsp3) is 0.955. The van der Waals surface area contributed by atoms with E-state index in [1.54, 1.807) is 0 Å². The van der Waals surface area contributed by atoms with Gasteiger partial charge in [-0.3, -0.25) is 4.79 Å². The van der Waals surface area contributed by atoms with Crippen LogP contribution >= 0.6 is 11.8 Å². The zero-order valence-electron chi connectivity index (χ0n) is 17.3. The molecule has 0 aliphatic carbocycles. The normalized spacial score (nSPS) is 21.4. The number of hydrogen-bond donors (Lipinski definition) is 0. The van der Waals surface area contributed by atoms with E-state index in [2.05, 4.69) is 20.8 Å². The van der Waals surface area contributed by atoms with Crippen LogP contribution in [0.3, 0.4) is 0 Å². The molecule has 0 bridgehead atoms. The molecular weight excluding hydrogens is 328 g/mol.